The van der Waals surface area contributed by atoms with Crippen molar-refractivity contribution in [2.45, 2.75) is 44.6 Å². The van der Waals surface area contributed by atoms with E-state index in [1.54, 1.807) is 31.2 Å². The molecule has 1 aromatic carbocycles. The first-order valence-electron chi connectivity index (χ1n) is 6.34. The SMILES string of the molecule is CCCC(CS(=O)(=O)c1ccc(C)cc1)C(C)O. The molecule has 2 unspecified atom stereocenters. The van der Waals surface area contributed by atoms with Gasteiger partial charge in [-0.15, -0.1) is 0 Å². The molecule has 0 aromatic heterocycles. The lowest BCUT2D eigenvalue weighted by atomic mass is 10.0. The summed E-state index contributed by atoms with van der Waals surface area (Å²) in [7, 11) is -3.30. The first-order chi connectivity index (χ1) is 8.36. The molecule has 0 bridgehead atoms. The molecule has 0 aliphatic rings. The van der Waals surface area contributed by atoms with Crippen molar-refractivity contribution >= 4 is 9.84 Å². The number of sulfone groups is 1. The molecule has 1 N–H and O–H groups in total. The fourth-order valence-electron chi connectivity index (χ4n) is 1.96. The smallest absolute Gasteiger partial charge is 0.178 e. The van der Waals surface area contributed by atoms with Crippen LogP contribution in [0.2, 0.25) is 0 Å². The maximum Gasteiger partial charge on any atom is 0.178 e. The van der Waals surface area contributed by atoms with E-state index in [2.05, 4.69) is 0 Å². The Morgan fingerprint density at radius 2 is 1.78 bits per heavy atom. The molecule has 1 aromatic rings. The number of rotatable bonds is 6. The zero-order valence-corrected chi connectivity index (χ0v) is 12.1. The zero-order chi connectivity index (χ0) is 13.8. The number of hydrogen-bond donors (Lipinski definition) is 1. The summed E-state index contributed by atoms with van der Waals surface area (Å²) in [5, 5.41) is 9.63. The normalized spacial score (nSPS) is 15.3. The lowest BCUT2D eigenvalue weighted by molar-refractivity contribution is 0.131. The fourth-order valence-corrected chi connectivity index (χ4v) is 3.71. The summed E-state index contributed by atoms with van der Waals surface area (Å²) in [6, 6.07) is 6.86. The molecular formula is C14H22O3S. The Labute approximate surface area is 110 Å². The molecule has 0 saturated heterocycles. The minimum Gasteiger partial charge on any atom is -0.393 e. The molecule has 1 rings (SSSR count). The highest BCUT2D eigenvalue weighted by Gasteiger charge is 2.23. The molecule has 0 spiro atoms. The molecule has 0 radical (unpaired) electrons. The van der Waals surface area contributed by atoms with Gasteiger partial charge in [-0.05, 0) is 38.3 Å². The first-order valence-corrected chi connectivity index (χ1v) is 7.99. The van der Waals surface area contributed by atoms with E-state index < -0.39 is 15.9 Å². The van der Waals surface area contributed by atoms with Crippen LogP contribution in [0.1, 0.15) is 32.3 Å². The molecule has 2 atom stereocenters. The van der Waals surface area contributed by atoms with Crippen LogP contribution in [0.5, 0.6) is 0 Å². The van der Waals surface area contributed by atoms with E-state index >= 15 is 0 Å². The molecule has 102 valence electrons. The van der Waals surface area contributed by atoms with E-state index in [9.17, 15) is 13.5 Å². The summed E-state index contributed by atoms with van der Waals surface area (Å²) in [4.78, 5) is 0.342. The largest absolute Gasteiger partial charge is 0.393 e. The van der Waals surface area contributed by atoms with Crippen molar-refractivity contribution in [3.8, 4) is 0 Å². The summed E-state index contributed by atoms with van der Waals surface area (Å²) in [5.41, 5.74) is 1.04. The van der Waals surface area contributed by atoms with Crippen LogP contribution in [0.4, 0.5) is 0 Å². The van der Waals surface area contributed by atoms with Crippen LogP contribution in [0.3, 0.4) is 0 Å². The lowest BCUT2D eigenvalue weighted by Gasteiger charge is -2.19. The van der Waals surface area contributed by atoms with Crippen LogP contribution in [0.15, 0.2) is 29.2 Å². The van der Waals surface area contributed by atoms with Crippen LogP contribution in [0.25, 0.3) is 0 Å². The summed E-state index contributed by atoms with van der Waals surface area (Å²) in [6.45, 7) is 5.57. The van der Waals surface area contributed by atoms with Gasteiger partial charge in [0, 0.05) is 0 Å². The van der Waals surface area contributed by atoms with Crippen molar-refractivity contribution in [3.05, 3.63) is 29.8 Å². The van der Waals surface area contributed by atoms with E-state index in [1.165, 1.54) is 0 Å². The fraction of sp³-hybridized carbons (Fsp3) is 0.571. The minimum atomic E-state index is -3.30. The number of benzene rings is 1. The monoisotopic (exact) mass is 270 g/mol. The van der Waals surface area contributed by atoms with Crippen molar-refractivity contribution in [1.29, 1.82) is 0 Å². The van der Waals surface area contributed by atoms with Crippen LogP contribution >= 0.6 is 0 Å². The third-order valence-corrected chi connectivity index (χ3v) is 5.01. The number of aliphatic hydroxyl groups excluding tert-OH is 1. The van der Waals surface area contributed by atoms with Gasteiger partial charge < -0.3 is 5.11 Å². The Kier molecular flexibility index (Phi) is 5.35. The van der Waals surface area contributed by atoms with E-state index in [1.807, 2.05) is 13.8 Å². The maximum absolute atomic E-state index is 12.2. The maximum atomic E-state index is 12.2. The van der Waals surface area contributed by atoms with E-state index in [0.717, 1.165) is 18.4 Å². The average Bonchev–Trinajstić information content (AvgIpc) is 2.28. The summed E-state index contributed by atoms with van der Waals surface area (Å²) < 4.78 is 24.4. The second-order valence-electron chi connectivity index (χ2n) is 4.88. The van der Waals surface area contributed by atoms with Gasteiger partial charge in [0.25, 0.3) is 0 Å². The van der Waals surface area contributed by atoms with Gasteiger partial charge >= 0.3 is 0 Å². The van der Waals surface area contributed by atoms with Crippen molar-refractivity contribution in [3.63, 3.8) is 0 Å². The predicted octanol–water partition coefficient (Wildman–Crippen LogP) is 2.57. The Balaban J connectivity index is 2.89. The highest BCUT2D eigenvalue weighted by atomic mass is 32.2. The van der Waals surface area contributed by atoms with Crippen molar-refractivity contribution in [1.82, 2.24) is 0 Å². The molecule has 0 aliphatic heterocycles. The third kappa shape index (κ3) is 4.10. The van der Waals surface area contributed by atoms with E-state index in [4.69, 9.17) is 0 Å². The van der Waals surface area contributed by atoms with Crippen molar-refractivity contribution in [2.75, 3.05) is 5.75 Å². The standard InChI is InChI=1S/C14H22O3S/c1-4-5-13(12(3)15)10-18(16,17)14-8-6-11(2)7-9-14/h6-9,12-13,15H,4-5,10H2,1-3H3. The molecule has 4 heteroatoms. The third-order valence-electron chi connectivity index (χ3n) is 3.16. The van der Waals surface area contributed by atoms with Gasteiger partial charge in [0.15, 0.2) is 9.84 Å². The van der Waals surface area contributed by atoms with Gasteiger partial charge in [0.05, 0.1) is 16.8 Å². The van der Waals surface area contributed by atoms with Gasteiger partial charge in [-0.25, -0.2) is 8.42 Å². The zero-order valence-electron chi connectivity index (χ0n) is 11.3. The molecule has 0 heterocycles. The van der Waals surface area contributed by atoms with Crippen molar-refractivity contribution < 1.29 is 13.5 Å². The van der Waals surface area contributed by atoms with Crippen LogP contribution in [0, 0.1) is 12.8 Å². The Bertz CT molecular complexity index is 460. The van der Waals surface area contributed by atoms with Gasteiger partial charge in [-0.2, -0.15) is 0 Å². The predicted molar refractivity (Wildman–Crippen MR) is 73.3 cm³/mol. The highest BCUT2D eigenvalue weighted by molar-refractivity contribution is 7.91. The second-order valence-corrected chi connectivity index (χ2v) is 6.92. The van der Waals surface area contributed by atoms with Gasteiger partial charge in [-0.3, -0.25) is 0 Å². The summed E-state index contributed by atoms with van der Waals surface area (Å²) in [5.74, 6) is -0.178. The van der Waals surface area contributed by atoms with Crippen LogP contribution in [-0.4, -0.2) is 25.4 Å². The topological polar surface area (TPSA) is 54.4 Å². The van der Waals surface area contributed by atoms with E-state index in [-0.39, 0.29) is 11.7 Å². The average molecular weight is 270 g/mol. The molecule has 0 saturated carbocycles. The van der Waals surface area contributed by atoms with Gasteiger partial charge in [-0.1, -0.05) is 31.0 Å². The van der Waals surface area contributed by atoms with Crippen molar-refractivity contribution in [2.24, 2.45) is 5.92 Å². The number of aryl methyl sites for hydroxylation is 1. The van der Waals surface area contributed by atoms with Crippen LogP contribution in [-0.2, 0) is 9.84 Å². The molecular weight excluding hydrogens is 248 g/mol. The van der Waals surface area contributed by atoms with Gasteiger partial charge in [0.1, 0.15) is 0 Å². The Hall–Kier alpha value is -0.870. The quantitative estimate of drug-likeness (QED) is 0.864. The Morgan fingerprint density at radius 3 is 2.22 bits per heavy atom. The van der Waals surface area contributed by atoms with Crippen LogP contribution < -0.4 is 0 Å². The Morgan fingerprint density at radius 1 is 1.22 bits per heavy atom. The molecule has 3 nitrogen and oxygen atoms in total. The first kappa shape index (κ1) is 15.2. The number of aliphatic hydroxyl groups is 1. The van der Waals surface area contributed by atoms with Gasteiger partial charge in [0.2, 0.25) is 0 Å². The molecule has 0 aliphatic carbocycles. The molecule has 18 heavy (non-hydrogen) atoms. The summed E-state index contributed by atoms with van der Waals surface area (Å²) in [6.07, 6.45) is 1.01. The second kappa shape index (κ2) is 6.34. The highest BCUT2D eigenvalue weighted by Crippen LogP contribution is 2.20. The molecule has 0 fully saturated rings. The lowest BCUT2D eigenvalue weighted by Crippen LogP contribution is -2.25. The van der Waals surface area contributed by atoms with E-state index in [0.29, 0.717) is 4.90 Å². The molecule has 0 amide bonds. The minimum absolute atomic E-state index is 0.0154. The number of hydrogen-bond acceptors (Lipinski definition) is 3. The summed E-state index contributed by atoms with van der Waals surface area (Å²) >= 11 is 0.